The zero-order valence-corrected chi connectivity index (χ0v) is 11.4. The van der Waals surface area contributed by atoms with Crippen molar-refractivity contribution in [3.8, 4) is 0 Å². The number of carbonyl (C=O) groups excluding carboxylic acids is 1. The molecule has 5 nitrogen and oxygen atoms in total. The summed E-state index contributed by atoms with van der Waals surface area (Å²) >= 11 is 0. The van der Waals surface area contributed by atoms with Gasteiger partial charge in [0, 0.05) is 31.4 Å². The van der Waals surface area contributed by atoms with E-state index in [2.05, 4.69) is 10.4 Å². The monoisotopic (exact) mass is 250 g/mol. The Balaban J connectivity index is 2.04. The Morgan fingerprint density at radius 1 is 1.56 bits per heavy atom. The Hall–Kier alpha value is -1.36. The fourth-order valence-electron chi connectivity index (χ4n) is 2.44. The average molecular weight is 250 g/mol. The van der Waals surface area contributed by atoms with Crippen molar-refractivity contribution in [2.24, 2.45) is 7.05 Å². The number of aryl methyl sites for hydroxylation is 1. The van der Waals surface area contributed by atoms with Crippen molar-refractivity contribution in [3.63, 3.8) is 0 Å². The number of nitrogens with one attached hydrogen (secondary N) is 1. The van der Waals surface area contributed by atoms with E-state index in [1.165, 1.54) is 0 Å². The maximum atomic E-state index is 12.3. The zero-order valence-electron chi connectivity index (χ0n) is 11.4. The molecule has 1 aliphatic heterocycles. The van der Waals surface area contributed by atoms with Gasteiger partial charge in [-0.3, -0.25) is 9.48 Å². The summed E-state index contributed by atoms with van der Waals surface area (Å²) in [5.41, 5.74) is 2.27. The van der Waals surface area contributed by atoms with E-state index in [0.717, 1.165) is 37.2 Å². The molecule has 1 N–H and O–H groups in total. The molecular weight excluding hydrogens is 228 g/mol. The lowest BCUT2D eigenvalue weighted by molar-refractivity contribution is -0.136. The SMILES string of the molecule is CCNC1CCCN(Cc2cnn(C)c2C)C1=O. The van der Waals surface area contributed by atoms with Crippen LogP contribution < -0.4 is 5.32 Å². The second kappa shape index (κ2) is 5.52. The fourth-order valence-corrected chi connectivity index (χ4v) is 2.44. The van der Waals surface area contributed by atoms with Gasteiger partial charge >= 0.3 is 0 Å². The lowest BCUT2D eigenvalue weighted by Crippen LogP contribution is -2.50. The summed E-state index contributed by atoms with van der Waals surface area (Å²) < 4.78 is 1.85. The van der Waals surface area contributed by atoms with Crippen molar-refractivity contribution in [1.29, 1.82) is 0 Å². The first-order valence-electron chi connectivity index (χ1n) is 6.63. The molecule has 1 aromatic heterocycles. The molecule has 0 aliphatic carbocycles. The summed E-state index contributed by atoms with van der Waals surface area (Å²) in [5, 5.41) is 7.48. The van der Waals surface area contributed by atoms with Gasteiger partial charge in [0.15, 0.2) is 0 Å². The number of hydrogen-bond acceptors (Lipinski definition) is 3. The Bertz CT molecular complexity index is 425. The van der Waals surface area contributed by atoms with Gasteiger partial charge < -0.3 is 10.2 Å². The molecule has 100 valence electrons. The second-order valence-corrected chi connectivity index (χ2v) is 4.89. The minimum Gasteiger partial charge on any atom is -0.337 e. The topological polar surface area (TPSA) is 50.2 Å². The maximum absolute atomic E-state index is 12.3. The second-order valence-electron chi connectivity index (χ2n) is 4.89. The van der Waals surface area contributed by atoms with Gasteiger partial charge in [-0.25, -0.2) is 0 Å². The van der Waals surface area contributed by atoms with Crippen LogP contribution in [0.1, 0.15) is 31.0 Å². The molecular formula is C13H22N4O. The Kier molecular flexibility index (Phi) is 4.01. The molecule has 0 saturated carbocycles. The van der Waals surface area contributed by atoms with Crippen LogP contribution in [-0.4, -0.2) is 39.7 Å². The summed E-state index contributed by atoms with van der Waals surface area (Å²) in [4.78, 5) is 14.2. The van der Waals surface area contributed by atoms with Crippen molar-refractivity contribution in [1.82, 2.24) is 20.0 Å². The summed E-state index contributed by atoms with van der Waals surface area (Å²) in [5.74, 6) is 0.228. The summed E-state index contributed by atoms with van der Waals surface area (Å²) in [6.07, 6.45) is 3.89. The van der Waals surface area contributed by atoms with Crippen molar-refractivity contribution >= 4 is 5.91 Å². The van der Waals surface area contributed by atoms with Gasteiger partial charge in [-0.15, -0.1) is 0 Å². The predicted octanol–water partition coefficient (Wildman–Crippen LogP) is 0.829. The van der Waals surface area contributed by atoms with Crippen molar-refractivity contribution < 1.29 is 4.79 Å². The maximum Gasteiger partial charge on any atom is 0.240 e. The number of hydrogen-bond donors (Lipinski definition) is 1. The van der Waals surface area contributed by atoms with Gasteiger partial charge in [0.25, 0.3) is 0 Å². The molecule has 0 bridgehead atoms. The van der Waals surface area contributed by atoms with Crippen LogP contribution >= 0.6 is 0 Å². The first-order chi connectivity index (χ1) is 8.63. The lowest BCUT2D eigenvalue weighted by Gasteiger charge is -2.32. The van der Waals surface area contributed by atoms with Crippen LogP contribution in [0, 0.1) is 6.92 Å². The Morgan fingerprint density at radius 2 is 2.33 bits per heavy atom. The van der Waals surface area contributed by atoms with Crippen LogP contribution in [0.4, 0.5) is 0 Å². The van der Waals surface area contributed by atoms with Crippen LogP contribution in [0.5, 0.6) is 0 Å². The van der Waals surface area contributed by atoms with Crippen LogP contribution in [0.2, 0.25) is 0 Å². The largest absolute Gasteiger partial charge is 0.337 e. The number of aromatic nitrogens is 2. The highest BCUT2D eigenvalue weighted by atomic mass is 16.2. The van der Waals surface area contributed by atoms with E-state index in [1.54, 1.807) is 0 Å². The third-order valence-electron chi connectivity index (χ3n) is 3.68. The molecule has 1 amide bonds. The molecule has 1 atom stereocenters. The van der Waals surface area contributed by atoms with Crippen molar-refractivity contribution in [2.75, 3.05) is 13.1 Å². The Labute approximate surface area is 108 Å². The van der Waals surface area contributed by atoms with Gasteiger partial charge in [0.1, 0.15) is 0 Å². The third-order valence-corrected chi connectivity index (χ3v) is 3.68. The first-order valence-corrected chi connectivity index (χ1v) is 6.63. The minimum atomic E-state index is 0.000674. The van der Waals surface area contributed by atoms with Gasteiger partial charge in [0.05, 0.1) is 12.2 Å². The molecule has 2 rings (SSSR count). The van der Waals surface area contributed by atoms with E-state index in [-0.39, 0.29) is 11.9 Å². The number of likely N-dealkylation sites (tertiary alicyclic amines) is 1. The quantitative estimate of drug-likeness (QED) is 0.861. The van der Waals surface area contributed by atoms with Crippen LogP contribution in [0.25, 0.3) is 0 Å². The molecule has 0 spiro atoms. The average Bonchev–Trinajstić information content (AvgIpc) is 2.66. The van der Waals surface area contributed by atoms with Crippen molar-refractivity contribution in [3.05, 3.63) is 17.5 Å². The number of nitrogens with zero attached hydrogens (tertiary/aromatic N) is 3. The highest BCUT2D eigenvalue weighted by Crippen LogP contribution is 2.16. The smallest absolute Gasteiger partial charge is 0.240 e. The molecule has 1 aromatic rings. The van der Waals surface area contributed by atoms with Crippen LogP contribution in [0.3, 0.4) is 0 Å². The molecule has 0 aromatic carbocycles. The molecule has 2 heterocycles. The fraction of sp³-hybridized carbons (Fsp3) is 0.692. The van der Waals surface area contributed by atoms with Gasteiger partial charge in [-0.1, -0.05) is 6.92 Å². The number of likely N-dealkylation sites (N-methyl/N-ethyl adjacent to an activating group) is 1. The van der Waals surface area contributed by atoms with E-state index in [4.69, 9.17) is 0 Å². The number of piperidine rings is 1. The standard InChI is InChI=1S/C13H22N4O/c1-4-14-12-6-5-7-17(13(12)18)9-11-8-15-16(3)10(11)2/h8,12,14H,4-7,9H2,1-3H3. The number of rotatable bonds is 4. The zero-order chi connectivity index (χ0) is 13.1. The minimum absolute atomic E-state index is 0.000674. The Morgan fingerprint density at radius 3 is 2.94 bits per heavy atom. The molecule has 1 unspecified atom stereocenters. The van der Waals surface area contributed by atoms with E-state index in [1.807, 2.05) is 36.7 Å². The van der Waals surface area contributed by atoms with Gasteiger partial charge in [0.2, 0.25) is 5.91 Å². The summed E-state index contributed by atoms with van der Waals surface area (Å²) in [6.45, 7) is 6.46. The van der Waals surface area contributed by atoms with Gasteiger partial charge in [-0.05, 0) is 26.3 Å². The summed E-state index contributed by atoms with van der Waals surface area (Å²) in [6, 6.07) is 0.000674. The van der Waals surface area contributed by atoms with Crippen molar-refractivity contribution in [2.45, 2.75) is 39.3 Å². The lowest BCUT2D eigenvalue weighted by atomic mass is 10.0. The number of carbonyl (C=O) groups is 1. The van der Waals surface area contributed by atoms with Crippen LogP contribution in [0.15, 0.2) is 6.20 Å². The predicted molar refractivity (Wildman–Crippen MR) is 70.1 cm³/mol. The summed E-state index contributed by atoms with van der Waals surface area (Å²) in [7, 11) is 1.93. The normalized spacial score (nSPS) is 20.5. The first kappa shape index (κ1) is 13.1. The van der Waals surface area contributed by atoms with E-state index >= 15 is 0 Å². The molecule has 1 fully saturated rings. The molecule has 18 heavy (non-hydrogen) atoms. The molecule has 0 radical (unpaired) electrons. The van der Waals surface area contributed by atoms with E-state index in [0.29, 0.717) is 6.54 Å². The van der Waals surface area contributed by atoms with Gasteiger partial charge in [-0.2, -0.15) is 5.10 Å². The third kappa shape index (κ3) is 2.56. The highest BCUT2D eigenvalue weighted by molar-refractivity contribution is 5.82. The molecule has 5 heteroatoms. The van der Waals surface area contributed by atoms with E-state index in [9.17, 15) is 4.79 Å². The van der Waals surface area contributed by atoms with Crippen LogP contribution in [-0.2, 0) is 18.4 Å². The number of amides is 1. The highest BCUT2D eigenvalue weighted by Gasteiger charge is 2.28. The van der Waals surface area contributed by atoms with E-state index < -0.39 is 0 Å². The molecule has 1 saturated heterocycles. The molecule has 1 aliphatic rings.